The van der Waals surface area contributed by atoms with Crippen molar-refractivity contribution in [2.24, 2.45) is 0 Å². The molecule has 156 valence electrons. The van der Waals surface area contributed by atoms with Gasteiger partial charge in [0.05, 0.1) is 17.7 Å². The molecule has 0 aliphatic carbocycles. The Labute approximate surface area is 175 Å². The van der Waals surface area contributed by atoms with Gasteiger partial charge in [-0.1, -0.05) is 30.3 Å². The number of anilines is 2. The van der Waals surface area contributed by atoms with Crippen LogP contribution >= 0.6 is 0 Å². The van der Waals surface area contributed by atoms with Crippen molar-refractivity contribution in [3.05, 3.63) is 78.4 Å². The second kappa shape index (κ2) is 9.32. The number of nitrogens with one attached hydrogen (secondary N) is 2. The van der Waals surface area contributed by atoms with Crippen molar-refractivity contribution in [3.8, 4) is 11.5 Å². The highest BCUT2D eigenvalue weighted by atomic mass is 32.2. The van der Waals surface area contributed by atoms with E-state index >= 15 is 0 Å². The zero-order chi connectivity index (χ0) is 21.6. The molecule has 0 fully saturated rings. The van der Waals surface area contributed by atoms with E-state index in [-0.39, 0.29) is 17.4 Å². The van der Waals surface area contributed by atoms with Crippen LogP contribution in [0.4, 0.5) is 11.4 Å². The molecular weight excluding hydrogens is 404 g/mol. The average molecular weight is 426 g/mol. The minimum Gasteiger partial charge on any atom is -0.495 e. The first-order valence-corrected chi connectivity index (χ1v) is 10.6. The van der Waals surface area contributed by atoms with E-state index in [1.807, 2.05) is 0 Å². The number of ether oxygens (including phenoxy) is 2. The number of methoxy groups -OCH3 is 1. The van der Waals surface area contributed by atoms with Crippen molar-refractivity contribution in [1.29, 1.82) is 0 Å². The van der Waals surface area contributed by atoms with Gasteiger partial charge in [-0.2, -0.15) is 0 Å². The first kappa shape index (κ1) is 21.2. The summed E-state index contributed by atoms with van der Waals surface area (Å²) in [5.41, 5.74) is 1.61. The highest BCUT2D eigenvalue weighted by molar-refractivity contribution is 7.92. The number of carbonyl (C=O) groups excluding carboxylic acids is 1. The lowest BCUT2D eigenvalue weighted by Gasteiger charge is -2.13. The van der Waals surface area contributed by atoms with Crippen LogP contribution in [-0.4, -0.2) is 28.0 Å². The number of aryl methyl sites for hydroxylation is 1. The molecule has 8 heteroatoms. The average Bonchev–Trinajstić information content (AvgIpc) is 2.73. The third kappa shape index (κ3) is 5.30. The molecule has 30 heavy (non-hydrogen) atoms. The number of amides is 1. The normalized spacial score (nSPS) is 10.9. The molecule has 0 saturated carbocycles. The Hall–Kier alpha value is -3.52. The summed E-state index contributed by atoms with van der Waals surface area (Å²) in [6.45, 7) is 1.49. The van der Waals surface area contributed by atoms with Crippen LogP contribution in [-0.2, 0) is 14.8 Å². The molecule has 7 nitrogen and oxygen atoms in total. The fourth-order valence-electron chi connectivity index (χ4n) is 2.75. The van der Waals surface area contributed by atoms with Crippen molar-refractivity contribution in [2.45, 2.75) is 11.8 Å². The molecule has 3 aromatic rings. The summed E-state index contributed by atoms with van der Waals surface area (Å²) in [4.78, 5) is 12.3. The van der Waals surface area contributed by atoms with Gasteiger partial charge in [-0.15, -0.1) is 0 Å². The van der Waals surface area contributed by atoms with E-state index in [1.165, 1.54) is 25.3 Å². The fourth-order valence-corrected chi connectivity index (χ4v) is 3.89. The monoisotopic (exact) mass is 426 g/mol. The topological polar surface area (TPSA) is 93.7 Å². The van der Waals surface area contributed by atoms with Gasteiger partial charge in [-0.05, 0) is 55.0 Å². The Morgan fingerprint density at radius 3 is 2.33 bits per heavy atom. The molecule has 0 atom stereocenters. The van der Waals surface area contributed by atoms with Crippen LogP contribution in [0.3, 0.4) is 0 Å². The SMILES string of the molecule is COc1ccccc1NC(=O)COc1ccc(S(=O)(=O)Nc2ccccc2)cc1C. The number of carbonyl (C=O) groups is 1. The second-order valence-electron chi connectivity index (χ2n) is 6.44. The summed E-state index contributed by atoms with van der Waals surface area (Å²) in [5, 5.41) is 2.72. The van der Waals surface area contributed by atoms with Crippen molar-refractivity contribution in [2.75, 3.05) is 23.8 Å². The summed E-state index contributed by atoms with van der Waals surface area (Å²) in [5.74, 6) is 0.604. The molecule has 2 N–H and O–H groups in total. The smallest absolute Gasteiger partial charge is 0.262 e. The Kier molecular flexibility index (Phi) is 6.58. The van der Waals surface area contributed by atoms with Crippen molar-refractivity contribution in [3.63, 3.8) is 0 Å². The van der Waals surface area contributed by atoms with Crippen LogP contribution in [0.15, 0.2) is 77.7 Å². The summed E-state index contributed by atoms with van der Waals surface area (Å²) in [6, 6.07) is 20.2. The van der Waals surface area contributed by atoms with Crippen LogP contribution in [0.1, 0.15) is 5.56 Å². The van der Waals surface area contributed by atoms with Crippen LogP contribution in [0.2, 0.25) is 0 Å². The number of benzene rings is 3. The van der Waals surface area contributed by atoms with Crippen LogP contribution in [0.25, 0.3) is 0 Å². The van der Waals surface area contributed by atoms with E-state index in [4.69, 9.17) is 9.47 Å². The lowest BCUT2D eigenvalue weighted by Crippen LogP contribution is -2.21. The van der Waals surface area contributed by atoms with E-state index in [2.05, 4.69) is 10.0 Å². The van der Waals surface area contributed by atoms with Gasteiger partial charge in [0.2, 0.25) is 0 Å². The maximum absolute atomic E-state index is 12.6. The van der Waals surface area contributed by atoms with Gasteiger partial charge in [0, 0.05) is 5.69 Å². The quantitative estimate of drug-likeness (QED) is 0.571. The summed E-state index contributed by atoms with van der Waals surface area (Å²) in [6.07, 6.45) is 0. The van der Waals surface area contributed by atoms with Crippen LogP contribution < -0.4 is 19.5 Å². The summed E-state index contributed by atoms with van der Waals surface area (Å²) < 4.78 is 38.4. The zero-order valence-electron chi connectivity index (χ0n) is 16.6. The van der Waals surface area contributed by atoms with Gasteiger partial charge in [0.25, 0.3) is 15.9 Å². The Morgan fingerprint density at radius 2 is 1.63 bits per heavy atom. The maximum atomic E-state index is 12.6. The lowest BCUT2D eigenvalue weighted by molar-refractivity contribution is -0.118. The molecule has 3 rings (SSSR count). The highest BCUT2D eigenvalue weighted by Gasteiger charge is 2.16. The molecule has 0 saturated heterocycles. The summed E-state index contributed by atoms with van der Waals surface area (Å²) >= 11 is 0. The molecule has 0 heterocycles. The Bertz CT molecular complexity index is 1130. The third-order valence-electron chi connectivity index (χ3n) is 4.22. The molecule has 0 aliphatic rings. The molecule has 0 aromatic heterocycles. The Balaban J connectivity index is 1.65. The van der Waals surface area contributed by atoms with Crippen LogP contribution in [0, 0.1) is 6.92 Å². The predicted octanol–water partition coefficient (Wildman–Crippen LogP) is 3.82. The van der Waals surface area contributed by atoms with E-state index in [0.29, 0.717) is 28.4 Å². The van der Waals surface area contributed by atoms with E-state index in [1.54, 1.807) is 61.5 Å². The van der Waals surface area contributed by atoms with Gasteiger partial charge in [-0.25, -0.2) is 8.42 Å². The number of hydrogen-bond acceptors (Lipinski definition) is 5. The zero-order valence-corrected chi connectivity index (χ0v) is 17.4. The largest absolute Gasteiger partial charge is 0.495 e. The van der Waals surface area contributed by atoms with Gasteiger partial charge in [0.1, 0.15) is 11.5 Å². The maximum Gasteiger partial charge on any atom is 0.262 e. The van der Waals surface area contributed by atoms with Gasteiger partial charge in [0.15, 0.2) is 6.61 Å². The number of para-hydroxylation sites is 3. The molecule has 0 radical (unpaired) electrons. The van der Waals surface area contributed by atoms with Crippen molar-refractivity contribution in [1.82, 2.24) is 0 Å². The molecule has 0 bridgehead atoms. The van der Waals surface area contributed by atoms with E-state index in [0.717, 1.165) is 0 Å². The van der Waals surface area contributed by atoms with Crippen molar-refractivity contribution < 1.29 is 22.7 Å². The standard InChI is InChI=1S/C22H22N2O5S/c1-16-14-18(30(26,27)24-17-8-4-3-5-9-17)12-13-20(16)29-15-22(25)23-19-10-6-7-11-21(19)28-2/h3-14,24H,15H2,1-2H3,(H,23,25). The lowest BCUT2D eigenvalue weighted by atomic mass is 10.2. The molecule has 0 spiro atoms. The molecular formula is C22H22N2O5S. The minimum absolute atomic E-state index is 0.106. The van der Waals surface area contributed by atoms with Crippen molar-refractivity contribution >= 4 is 27.3 Å². The van der Waals surface area contributed by atoms with Gasteiger partial charge < -0.3 is 14.8 Å². The van der Waals surface area contributed by atoms with Crippen LogP contribution in [0.5, 0.6) is 11.5 Å². The van der Waals surface area contributed by atoms with E-state index < -0.39 is 10.0 Å². The minimum atomic E-state index is -3.73. The highest BCUT2D eigenvalue weighted by Crippen LogP contribution is 2.25. The number of hydrogen-bond donors (Lipinski definition) is 2. The van der Waals surface area contributed by atoms with E-state index in [9.17, 15) is 13.2 Å². The van der Waals surface area contributed by atoms with Gasteiger partial charge >= 0.3 is 0 Å². The number of sulfonamides is 1. The van der Waals surface area contributed by atoms with Gasteiger partial charge in [-0.3, -0.25) is 9.52 Å². The second-order valence-corrected chi connectivity index (χ2v) is 8.12. The predicted molar refractivity (Wildman–Crippen MR) is 116 cm³/mol. The Morgan fingerprint density at radius 1 is 0.933 bits per heavy atom. The third-order valence-corrected chi connectivity index (χ3v) is 5.60. The first-order chi connectivity index (χ1) is 14.4. The summed E-state index contributed by atoms with van der Waals surface area (Å²) in [7, 11) is -2.21. The molecule has 0 aliphatic heterocycles. The first-order valence-electron chi connectivity index (χ1n) is 9.13. The molecule has 3 aromatic carbocycles. The fraction of sp³-hybridized carbons (Fsp3) is 0.136. The molecule has 1 amide bonds. The number of rotatable bonds is 8. The molecule has 0 unspecified atom stereocenters.